The Hall–Kier alpha value is -2.96. The summed E-state index contributed by atoms with van der Waals surface area (Å²) >= 11 is 1.67. The molecule has 5 nitrogen and oxygen atoms in total. The van der Waals surface area contributed by atoms with Crippen molar-refractivity contribution in [3.8, 4) is 5.69 Å². The van der Waals surface area contributed by atoms with Crippen LogP contribution < -0.4 is 5.32 Å². The number of thiophene rings is 1. The van der Waals surface area contributed by atoms with Gasteiger partial charge in [0.15, 0.2) is 0 Å². The molecule has 0 spiro atoms. The standard InChI is InChI=1S/C22H22N4OS/c1-25(2)21(17-11-12-28-14-17)13-23-22(27)16-7-9-18(10-8-16)26-15-24-19-5-3-4-6-20(19)26/h3-12,14-15,21H,13H2,1-2H3,(H,23,27). The quantitative estimate of drug-likeness (QED) is 0.539. The first-order valence-electron chi connectivity index (χ1n) is 9.13. The van der Waals surface area contributed by atoms with Crippen molar-refractivity contribution in [2.45, 2.75) is 6.04 Å². The van der Waals surface area contributed by atoms with E-state index in [4.69, 9.17) is 0 Å². The van der Waals surface area contributed by atoms with Crippen molar-refractivity contribution in [3.05, 3.63) is 82.8 Å². The van der Waals surface area contributed by atoms with Crippen LogP contribution in [0.5, 0.6) is 0 Å². The third kappa shape index (κ3) is 3.69. The first-order valence-corrected chi connectivity index (χ1v) is 10.1. The van der Waals surface area contributed by atoms with Gasteiger partial charge in [-0.25, -0.2) is 4.98 Å². The molecule has 4 aromatic rings. The van der Waals surface area contributed by atoms with Crippen molar-refractivity contribution in [2.75, 3.05) is 20.6 Å². The number of carbonyl (C=O) groups is 1. The molecule has 6 heteroatoms. The van der Waals surface area contributed by atoms with Crippen molar-refractivity contribution in [1.82, 2.24) is 19.8 Å². The summed E-state index contributed by atoms with van der Waals surface area (Å²) in [6, 6.07) is 17.9. The Morgan fingerprint density at radius 2 is 1.93 bits per heavy atom. The highest BCUT2D eigenvalue weighted by Crippen LogP contribution is 2.21. The number of imidazole rings is 1. The van der Waals surface area contributed by atoms with Gasteiger partial charge in [0.2, 0.25) is 0 Å². The zero-order valence-electron chi connectivity index (χ0n) is 15.9. The Kier molecular flexibility index (Phi) is 5.23. The average molecular weight is 391 g/mol. The molecule has 2 aromatic heterocycles. The highest BCUT2D eigenvalue weighted by atomic mass is 32.1. The van der Waals surface area contributed by atoms with E-state index in [9.17, 15) is 4.79 Å². The Morgan fingerprint density at radius 1 is 1.14 bits per heavy atom. The van der Waals surface area contributed by atoms with Gasteiger partial charge in [-0.1, -0.05) is 12.1 Å². The number of carbonyl (C=O) groups excluding carboxylic acids is 1. The van der Waals surface area contributed by atoms with Crippen LogP contribution in [-0.2, 0) is 0 Å². The number of nitrogens with one attached hydrogen (secondary N) is 1. The van der Waals surface area contributed by atoms with Crippen LogP contribution in [0.1, 0.15) is 22.0 Å². The molecule has 0 saturated carbocycles. The number of amides is 1. The normalized spacial score (nSPS) is 12.4. The van der Waals surface area contributed by atoms with Gasteiger partial charge in [-0.05, 0) is 72.9 Å². The second-order valence-corrected chi connectivity index (χ2v) is 7.68. The molecule has 28 heavy (non-hydrogen) atoms. The molecule has 0 fully saturated rings. The minimum atomic E-state index is -0.0656. The summed E-state index contributed by atoms with van der Waals surface area (Å²) in [6.07, 6.45) is 1.81. The summed E-state index contributed by atoms with van der Waals surface area (Å²) in [4.78, 5) is 19.1. The molecule has 1 unspecified atom stereocenters. The van der Waals surface area contributed by atoms with Gasteiger partial charge in [0.05, 0.1) is 17.1 Å². The van der Waals surface area contributed by atoms with Crippen LogP contribution in [0.2, 0.25) is 0 Å². The fraction of sp³-hybridized carbons (Fsp3) is 0.182. The zero-order chi connectivity index (χ0) is 19.5. The number of hydrogen-bond donors (Lipinski definition) is 1. The smallest absolute Gasteiger partial charge is 0.251 e. The van der Waals surface area contributed by atoms with E-state index < -0.39 is 0 Å². The molecule has 4 rings (SSSR count). The van der Waals surface area contributed by atoms with Crippen LogP contribution in [-0.4, -0.2) is 41.0 Å². The van der Waals surface area contributed by atoms with Crippen LogP contribution in [0.3, 0.4) is 0 Å². The molecule has 2 aromatic carbocycles. The molecule has 0 aliphatic rings. The average Bonchev–Trinajstić information content (AvgIpc) is 3.38. The van der Waals surface area contributed by atoms with E-state index in [1.54, 1.807) is 11.3 Å². The minimum Gasteiger partial charge on any atom is -0.350 e. The first kappa shape index (κ1) is 18.4. The maximum Gasteiger partial charge on any atom is 0.251 e. The highest BCUT2D eigenvalue weighted by Gasteiger charge is 2.16. The van der Waals surface area contributed by atoms with E-state index in [1.807, 2.05) is 73.5 Å². The third-order valence-corrected chi connectivity index (χ3v) is 5.57. The second kappa shape index (κ2) is 7.96. The van der Waals surface area contributed by atoms with Gasteiger partial charge >= 0.3 is 0 Å². The summed E-state index contributed by atoms with van der Waals surface area (Å²) in [5, 5.41) is 7.25. The predicted molar refractivity (Wildman–Crippen MR) is 114 cm³/mol. The monoisotopic (exact) mass is 390 g/mol. The maximum atomic E-state index is 12.6. The number of hydrogen-bond acceptors (Lipinski definition) is 4. The van der Waals surface area contributed by atoms with E-state index >= 15 is 0 Å². The number of benzene rings is 2. The lowest BCUT2D eigenvalue weighted by molar-refractivity contribution is 0.0942. The summed E-state index contributed by atoms with van der Waals surface area (Å²) in [6.45, 7) is 0.566. The number of likely N-dealkylation sites (N-methyl/N-ethyl adjacent to an activating group) is 1. The lowest BCUT2D eigenvalue weighted by atomic mass is 10.1. The summed E-state index contributed by atoms with van der Waals surface area (Å²) < 4.78 is 2.02. The third-order valence-electron chi connectivity index (χ3n) is 4.87. The molecule has 0 aliphatic heterocycles. The minimum absolute atomic E-state index is 0.0656. The molecule has 0 aliphatic carbocycles. The predicted octanol–water partition coefficient (Wildman–Crippen LogP) is 4.12. The summed E-state index contributed by atoms with van der Waals surface area (Å²) in [5.74, 6) is -0.0656. The van der Waals surface area contributed by atoms with Crippen molar-refractivity contribution in [3.63, 3.8) is 0 Å². The number of fused-ring (bicyclic) bond motifs is 1. The van der Waals surface area contributed by atoms with Crippen LogP contribution in [0.15, 0.2) is 71.7 Å². The Labute approximate surface area is 168 Å². The van der Waals surface area contributed by atoms with Gasteiger partial charge in [-0.15, -0.1) is 0 Å². The van der Waals surface area contributed by atoms with Crippen LogP contribution in [0, 0.1) is 0 Å². The Morgan fingerprint density at radius 3 is 2.64 bits per heavy atom. The molecular formula is C22H22N4OS. The number of nitrogens with zero attached hydrogens (tertiary/aromatic N) is 3. The maximum absolute atomic E-state index is 12.6. The number of para-hydroxylation sites is 2. The Bertz CT molecular complexity index is 1070. The van der Waals surface area contributed by atoms with Gasteiger partial charge in [0.1, 0.15) is 6.33 Å². The van der Waals surface area contributed by atoms with E-state index in [2.05, 4.69) is 32.0 Å². The number of rotatable bonds is 6. The SMILES string of the molecule is CN(C)C(CNC(=O)c1ccc(-n2cnc3ccccc32)cc1)c1ccsc1. The van der Waals surface area contributed by atoms with Crippen molar-refractivity contribution >= 4 is 28.3 Å². The topological polar surface area (TPSA) is 50.2 Å². The zero-order valence-corrected chi connectivity index (χ0v) is 16.7. The van der Waals surface area contributed by atoms with Gasteiger partial charge < -0.3 is 10.2 Å². The van der Waals surface area contributed by atoms with Crippen molar-refractivity contribution < 1.29 is 4.79 Å². The van der Waals surface area contributed by atoms with E-state index in [0.29, 0.717) is 12.1 Å². The fourth-order valence-corrected chi connectivity index (χ4v) is 4.00. The molecule has 1 amide bonds. The number of aromatic nitrogens is 2. The highest BCUT2D eigenvalue weighted by molar-refractivity contribution is 7.07. The van der Waals surface area contributed by atoms with Gasteiger partial charge in [0, 0.05) is 17.8 Å². The lowest BCUT2D eigenvalue weighted by Gasteiger charge is -2.24. The van der Waals surface area contributed by atoms with Crippen molar-refractivity contribution in [2.24, 2.45) is 0 Å². The molecule has 1 N–H and O–H groups in total. The van der Waals surface area contributed by atoms with E-state index in [-0.39, 0.29) is 11.9 Å². The molecule has 2 heterocycles. The molecule has 0 radical (unpaired) electrons. The van der Waals surface area contributed by atoms with Crippen LogP contribution in [0.4, 0.5) is 0 Å². The molecular weight excluding hydrogens is 368 g/mol. The van der Waals surface area contributed by atoms with Gasteiger partial charge in [-0.2, -0.15) is 11.3 Å². The van der Waals surface area contributed by atoms with Gasteiger partial charge in [-0.3, -0.25) is 9.36 Å². The van der Waals surface area contributed by atoms with Gasteiger partial charge in [0.25, 0.3) is 5.91 Å². The molecule has 0 saturated heterocycles. The Balaban J connectivity index is 1.47. The summed E-state index contributed by atoms with van der Waals surface area (Å²) in [7, 11) is 4.05. The van der Waals surface area contributed by atoms with E-state index in [1.165, 1.54) is 5.56 Å². The van der Waals surface area contributed by atoms with Crippen LogP contribution in [0.25, 0.3) is 16.7 Å². The molecule has 142 valence electrons. The van der Waals surface area contributed by atoms with E-state index in [0.717, 1.165) is 16.7 Å². The molecule has 0 bridgehead atoms. The summed E-state index contributed by atoms with van der Waals surface area (Å²) in [5.41, 5.74) is 4.85. The first-order chi connectivity index (χ1) is 13.6. The molecule has 1 atom stereocenters. The lowest BCUT2D eigenvalue weighted by Crippen LogP contribution is -2.34. The fourth-order valence-electron chi connectivity index (χ4n) is 3.29. The van der Waals surface area contributed by atoms with Crippen molar-refractivity contribution in [1.29, 1.82) is 0 Å². The second-order valence-electron chi connectivity index (χ2n) is 6.90. The largest absolute Gasteiger partial charge is 0.350 e. The van der Waals surface area contributed by atoms with Crippen LogP contribution >= 0.6 is 11.3 Å².